The maximum atomic E-state index is 11.6. The number of amides is 1. The van der Waals surface area contributed by atoms with Crippen LogP contribution in [0.2, 0.25) is 0 Å². The number of carbonyl (C=O) groups excluding carboxylic acids is 1. The summed E-state index contributed by atoms with van der Waals surface area (Å²) in [5.74, 6) is -0.277. The van der Waals surface area contributed by atoms with Crippen LogP contribution in [0.3, 0.4) is 0 Å². The molecule has 2 aromatic rings. The molecule has 2 aromatic heterocycles. The van der Waals surface area contributed by atoms with Gasteiger partial charge in [0, 0.05) is 18.5 Å². The standard InChI is InChI=1S/C10H7N5O3/c16-10(8-6-11-3-4-12-8)14-9-2-1-7(5-13-9)15(17)18/h1-6H,(H,13,14,16). The van der Waals surface area contributed by atoms with Crippen LogP contribution in [-0.4, -0.2) is 25.8 Å². The number of carbonyl (C=O) groups is 1. The van der Waals surface area contributed by atoms with E-state index in [1.807, 2.05) is 0 Å². The lowest BCUT2D eigenvalue weighted by Gasteiger charge is -2.02. The Morgan fingerprint density at radius 1 is 1.22 bits per heavy atom. The number of pyridine rings is 1. The Kier molecular flexibility index (Phi) is 3.19. The van der Waals surface area contributed by atoms with E-state index < -0.39 is 10.8 Å². The number of nitrogens with zero attached hydrogens (tertiary/aromatic N) is 4. The number of hydrogen-bond donors (Lipinski definition) is 1. The van der Waals surface area contributed by atoms with E-state index in [4.69, 9.17) is 0 Å². The summed E-state index contributed by atoms with van der Waals surface area (Å²) in [5.41, 5.74) is -0.00912. The van der Waals surface area contributed by atoms with Gasteiger partial charge in [0.1, 0.15) is 17.7 Å². The zero-order valence-electron chi connectivity index (χ0n) is 8.98. The molecule has 0 aliphatic carbocycles. The van der Waals surface area contributed by atoms with Crippen LogP contribution < -0.4 is 5.32 Å². The summed E-state index contributed by atoms with van der Waals surface area (Å²) in [5, 5.41) is 12.9. The number of aromatic nitrogens is 3. The number of rotatable bonds is 3. The molecule has 0 spiro atoms. The van der Waals surface area contributed by atoms with E-state index in [9.17, 15) is 14.9 Å². The van der Waals surface area contributed by atoms with Crippen molar-refractivity contribution in [3.8, 4) is 0 Å². The molecule has 0 saturated carbocycles. The third-order valence-electron chi connectivity index (χ3n) is 2.00. The van der Waals surface area contributed by atoms with Crippen molar-refractivity contribution in [1.29, 1.82) is 0 Å². The van der Waals surface area contributed by atoms with Gasteiger partial charge in [-0.1, -0.05) is 0 Å². The van der Waals surface area contributed by atoms with Crippen LogP contribution in [0.4, 0.5) is 11.5 Å². The molecule has 8 nitrogen and oxygen atoms in total. The first-order chi connectivity index (χ1) is 8.66. The Hall–Kier alpha value is -2.90. The van der Waals surface area contributed by atoms with E-state index in [1.165, 1.54) is 30.7 Å². The van der Waals surface area contributed by atoms with Gasteiger partial charge in [-0.3, -0.25) is 19.9 Å². The van der Waals surface area contributed by atoms with Crippen LogP contribution in [-0.2, 0) is 0 Å². The third kappa shape index (κ3) is 2.61. The monoisotopic (exact) mass is 245 g/mol. The molecule has 1 N–H and O–H groups in total. The Bertz CT molecular complexity index is 570. The maximum Gasteiger partial charge on any atom is 0.287 e. The Balaban J connectivity index is 2.10. The average Bonchev–Trinajstić information content (AvgIpc) is 2.40. The molecule has 2 heterocycles. The highest BCUT2D eigenvalue weighted by Gasteiger charge is 2.10. The molecule has 1 amide bonds. The molecular formula is C10H7N5O3. The van der Waals surface area contributed by atoms with Crippen LogP contribution in [0.1, 0.15) is 10.5 Å². The fourth-order valence-electron chi connectivity index (χ4n) is 1.16. The molecule has 0 aliphatic heterocycles. The number of nitrogens with one attached hydrogen (secondary N) is 1. The van der Waals surface area contributed by atoms with Gasteiger partial charge in [-0.2, -0.15) is 0 Å². The van der Waals surface area contributed by atoms with Gasteiger partial charge in [0.05, 0.1) is 11.1 Å². The van der Waals surface area contributed by atoms with Crippen molar-refractivity contribution in [1.82, 2.24) is 15.0 Å². The fourth-order valence-corrected chi connectivity index (χ4v) is 1.16. The predicted octanol–water partition coefficient (Wildman–Crippen LogP) is 1.03. The van der Waals surface area contributed by atoms with Crippen LogP contribution in [0.15, 0.2) is 36.9 Å². The lowest BCUT2D eigenvalue weighted by Crippen LogP contribution is -2.14. The fraction of sp³-hybridized carbons (Fsp3) is 0. The van der Waals surface area contributed by atoms with E-state index >= 15 is 0 Å². The maximum absolute atomic E-state index is 11.6. The van der Waals surface area contributed by atoms with Crippen molar-refractivity contribution in [2.24, 2.45) is 0 Å². The summed E-state index contributed by atoms with van der Waals surface area (Å²) in [6.07, 6.45) is 5.20. The lowest BCUT2D eigenvalue weighted by molar-refractivity contribution is -0.385. The Morgan fingerprint density at radius 2 is 2.06 bits per heavy atom. The number of anilines is 1. The average molecular weight is 245 g/mol. The minimum atomic E-state index is -0.568. The van der Waals surface area contributed by atoms with Crippen LogP contribution >= 0.6 is 0 Å². The second-order valence-corrected chi connectivity index (χ2v) is 3.20. The predicted molar refractivity (Wildman–Crippen MR) is 60.9 cm³/mol. The van der Waals surface area contributed by atoms with Crippen molar-refractivity contribution in [3.05, 3.63) is 52.7 Å². The molecular weight excluding hydrogens is 238 g/mol. The number of nitro groups is 1. The first kappa shape index (κ1) is 11.6. The van der Waals surface area contributed by atoms with Crippen molar-refractivity contribution < 1.29 is 9.72 Å². The van der Waals surface area contributed by atoms with Crippen molar-refractivity contribution in [3.63, 3.8) is 0 Å². The second kappa shape index (κ2) is 4.95. The summed E-state index contributed by atoms with van der Waals surface area (Å²) in [6.45, 7) is 0. The van der Waals surface area contributed by atoms with Gasteiger partial charge in [0.25, 0.3) is 11.6 Å². The molecule has 0 atom stereocenters. The van der Waals surface area contributed by atoms with E-state index in [-0.39, 0.29) is 17.2 Å². The van der Waals surface area contributed by atoms with Crippen LogP contribution in [0, 0.1) is 10.1 Å². The van der Waals surface area contributed by atoms with E-state index in [1.54, 1.807) is 0 Å². The molecule has 8 heteroatoms. The summed E-state index contributed by atoms with van der Waals surface area (Å²) in [4.78, 5) is 32.8. The van der Waals surface area contributed by atoms with Crippen molar-refractivity contribution >= 4 is 17.4 Å². The van der Waals surface area contributed by atoms with E-state index in [2.05, 4.69) is 20.3 Å². The topological polar surface area (TPSA) is 111 Å². The summed E-state index contributed by atoms with van der Waals surface area (Å²) in [7, 11) is 0. The van der Waals surface area contributed by atoms with E-state index in [0.29, 0.717) is 0 Å². The van der Waals surface area contributed by atoms with Gasteiger partial charge >= 0.3 is 0 Å². The molecule has 0 unspecified atom stereocenters. The zero-order chi connectivity index (χ0) is 13.0. The minimum Gasteiger partial charge on any atom is -0.305 e. The second-order valence-electron chi connectivity index (χ2n) is 3.20. The molecule has 0 aromatic carbocycles. The normalized spacial score (nSPS) is 9.78. The first-order valence-electron chi connectivity index (χ1n) is 4.84. The summed E-state index contributed by atoms with van der Waals surface area (Å²) >= 11 is 0. The molecule has 0 radical (unpaired) electrons. The quantitative estimate of drug-likeness (QED) is 0.638. The molecule has 0 aliphatic rings. The number of hydrogen-bond acceptors (Lipinski definition) is 6. The van der Waals surface area contributed by atoms with Crippen molar-refractivity contribution in [2.45, 2.75) is 0 Å². The molecule has 2 rings (SSSR count). The summed E-state index contributed by atoms with van der Waals surface area (Å²) < 4.78 is 0. The van der Waals surface area contributed by atoms with Crippen LogP contribution in [0.25, 0.3) is 0 Å². The highest BCUT2D eigenvalue weighted by molar-refractivity contribution is 6.02. The largest absolute Gasteiger partial charge is 0.305 e. The summed E-state index contributed by atoms with van der Waals surface area (Å²) in [6, 6.07) is 2.59. The highest BCUT2D eigenvalue weighted by atomic mass is 16.6. The first-order valence-corrected chi connectivity index (χ1v) is 4.84. The van der Waals surface area contributed by atoms with E-state index in [0.717, 1.165) is 6.20 Å². The lowest BCUT2D eigenvalue weighted by atomic mass is 10.4. The molecule has 0 saturated heterocycles. The molecule has 18 heavy (non-hydrogen) atoms. The molecule has 0 bridgehead atoms. The third-order valence-corrected chi connectivity index (χ3v) is 2.00. The van der Waals surface area contributed by atoms with Gasteiger partial charge in [-0.05, 0) is 6.07 Å². The van der Waals surface area contributed by atoms with Gasteiger partial charge in [-0.15, -0.1) is 0 Å². The zero-order valence-corrected chi connectivity index (χ0v) is 8.98. The van der Waals surface area contributed by atoms with Gasteiger partial charge < -0.3 is 5.32 Å². The van der Waals surface area contributed by atoms with Crippen molar-refractivity contribution in [2.75, 3.05) is 5.32 Å². The molecule has 0 fully saturated rings. The minimum absolute atomic E-state index is 0.137. The van der Waals surface area contributed by atoms with Gasteiger partial charge in [-0.25, -0.2) is 9.97 Å². The smallest absolute Gasteiger partial charge is 0.287 e. The Labute approximate surface area is 101 Å². The highest BCUT2D eigenvalue weighted by Crippen LogP contribution is 2.12. The van der Waals surface area contributed by atoms with Gasteiger partial charge in [0.15, 0.2) is 0 Å². The SMILES string of the molecule is O=C(Nc1ccc([N+](=O)[O-])cn1)c1cnccn1. The Morgan fingerprint density at radius 3 is 2.61 bits per heavy atom. The molecule has 90 valence electrons. The van der Waals surface area contributed by atoms with Crippen LogP contribution in [0.5, 0.6) is 0 Å². The van der Waals surface area contributed by atoms with Gasteiger partial charge in [0.2, 0.25) is 0 Å².